The molecular weight excluding hydrogens is 170 g/mol. The number of unbranched alkanes of at least 4 members (excludes halogenated alkanes) is 2. The molecule has 0 heterocycles. The summed E-state index contributed by atoms with van der Waals surface area (Å²) in [6.07, 6.45) is 7.59. The van der Waals surface area contributed by atoms with E-state index in [1.54, 1.807) is 0 Å². The largest absolute Gasteiger partial charge is 0.314 e. The van der Waals surface area contributed by atoms with E-state index in [0.29, 0.717) is 6.04 Å². The maximum atomic E-state index is 3.53. The first-order valence-corrected chi connectivity index (χ1v) is 5.98. The molecule has 82 valence electrons. The van der Waals surface area contributed by atoms with E-state index in [2.05, 4.69) is 31.0 Å². The Morgan fingerprint density at radius 1 is 1.14 bits per heavy atom. The lowest BCUT2D eigenvalue weighted by atomic mass is 10.0. The average Bonchev–Trinajstić information content (AvgIpc) is 2.18. The Labute approximate surface area is 89.7 Å². The molecule has 14 heavy (non-hydrogen) atoms. The smallest absolute Gasteiger partial charge is 0.0103 e. The van der Waals surface area contributed by atoms with Gasteiger partial charge in [-0.3, -0.25) is 0 Å². The summed E-state index contributed by atoms with van der Waals surface area (Å²) in [6.45, 7) is 7.43. The summed E-state index contributed by atoms with van der Waals surface area (Å²) < 4.78 is 0. The molecular formula is C13H25N. The van der Waals surface area contributed by atoms with Gasteiger partial charge in [-0.2, -0.15) is 0 Å². The van der Waals surface area contributed by atoms with Gasteiger partial charge in [-0.1, -0.05) is 33.1 Å². The molecule has 0 radical (unpaired) electrons. The number of rotatable bonds is 8. The van der Waals surface area contributed by atoms with Gasteiger partial charge in [0.25, 0.3) is 0 Å². The predicted molar refractivity (Wildman–Crippen MR) is 64.3 cm³/mol. The van der Waals surface area contributed by atoms with Crippen LogP contribution in [0, 0.1) is 11.8 Å². The van der Waals surface area contributed by atoms with E-state index in [1.807, 2.05) is 6.92 Å². The first-order chi connectivity index (χ1) is 6.85. The fourth-order valence-electron chi connectivity index (χ4n) is 1.65. The van der Waals surface area contributed by atoms with Crippen LogP contribution in [0.15, 0.2) is 0 Å². The molecule has 0 aliphatic carbocycles. The second-order valence-electron chi connectivity index (χ2n) is 3.72. The normalized spacial score (nSPS) is 11.9. The molecule has 0 aliphatic rings. The number of hydrogen-bond acceptors (Lipinski definition) is 1. The predicted octanol–water partition coefficient (Wildman–Crippen LogP) is 3.35. The van der Waals surface area contributed by atoms with Gasteiger partial charge in [0.05, 0.1) is 0 Å². The van der Waals surface area contributed by atoms with Crippen LogP contribution in [0.25, 0.3) is 0 Å². The van der Waals surface area contributed by atoms with Crippen molar-refractivity contribution in [2.24, 2.45) is 0 Å². The zero-order valence-corrected chi connectivity index (χ0v) is 10.0. The minimum atomic E-state index is 0.687. The van der Waals surface area contributed by atoms with E-state index in [0.717, 1.165) is 13.0 Å². The Bertz CT molecular complexity index is 164. The third-order valence-electron chi connectivity index (χ3n) is 2.44. The summed E-state index contributed by atoms with van der Waals surface area (Å²) >= 11 is 0. The Morgan fingerprint density at radius 3 is 2.50 bits per heavy atom. The second kappa shape index (κ2) is 10.6. The van der Waals surface area contributed by atoms with Gasteiger partial charge in [0, 0.05) is 12.5 Å². The maximum absolute atomic E-state index is 3.53. The number of hydrogen-bond donors (Lipinski definition) is 1. The summed E-state index contributed by atoms with van der Waals surface area (Å²) in [4.78, 5) is 0. The molecule has 0 bridgehead atoms. The Hall–Kier alpha value is -0.480. The summed E-state index contributed by atoms with van der Waals surface area (Å²) in [7, 11) is 0. The molecule has 1 unspecified atom stereocenters. The van der Waals surface area contributed by atoms with Gasteiger partial charge in [0.15, 0.2) is 0 Å². The molecule has 1 heteroatoms. The maximum Gasteiger partial charge on any atom is 0.0103 e. The lowest BCUT2D eigenvalue weighted by Crippen LogP contribution is -2.28. The standard InChI is InChI=1S/C13H25N/c1-4-7-9-11-13(14-6-3)12-10-8-5-2/h13-14H,4,6-7,9-12H2,1-3H3. The van der Waals surface area contributed by atoms with Crippen LogP contribution >= 0.6 is 0 Å². The van der Waals surface area contributed by atoms with E-state index in [-0.39, 0.29) is 0 Å². The quantitative estimate of drug-likeness (QED) is 0.462. The van der Waals surface area contributed by atoms with Crippen LogP contribution < -0.4 is 5.32 Å². The minimum absolute atomic E-state index is 0.687. The van der Waals surface area contributed by atoms with Crippen LogP contribution in [-0.2, 0) is 0 Å². The van der Waals surface area contributed by atoms with Crippen molar-refractivity contribution in [2.45, 2.75) is 65.3 Å². The van der Waals surface area contributed by atoms with Gasteiger partial charge < -0.3 is 5.32 Å². The van der Waals surface area contributed by atoms with Crippen LogP contribution in [0.3, 0.4) is 0 Å². The second-order valence-corrected chi connectivity index (χ2v) is 3.72. The highest BCUT2D eigenvalue weighted by Crippen LogP contribution is 2.07. The SMILES string of the molecule is CC#CCCC(CCCCC)NCC. The molecule has 1 N–H and O–H groups in total. The molecule has 0 amide bonds. The lowest BCUT2D eigenvalue weighted by Gasteiger charge is -2.16. The Kier molecular flexibility index (Phi) is 10.2. The summed E-state index contributed by atoms with van der Waals surface area (Å²) in [6, 6.07) is 0.687. The van der Waals surface area contributed by atoms with Crippen LogP contribution in [0.2, 0.25) is 0 Å². The van der Waals surface area contributed by atoms with Crippen LogP contribution in [0.1, 0.15) is 59.3 Å². The zero-order valence-electron chi connectivity index (χ0n) is 10.0. The molecule has 0 saturated heterocycles. The first-order valence-electron chi connectivity index (χ1n) is 5.98. The molecule has 0 fully saturated rings. The summed E-state index contributed by atoms with van der Waals surface area (Å²) in [5.74, 6) is 6.09. The van der Waals surface area contributed by atoms with Gasteiger partial charge in [0.1, 0.15) is 0 Å². The van der Waals surface area contributed by atoms with E-state index in [1.165, 1.54) is 32.1 Å². The fraction of sp³-hybridized carbons (Fsp3) is 0.846. The molecule has 0 aromatic rings. The van der Waals surface area contributed by atoms with E-state index < -0.39 is 0 Å². The van der Waals surface area contributed by atoms with Crippen LogP contribution in [0.5, 0.6) is 0 Å². The van der Waals surface area contributed by atoms with E-state index >= 15 is 0 Å². The van der Waals surface area contributed by atoms with Crippen LogP contribution in [-0.4, -0.2) is 12.6 Å². The topological polar surface area (TPSA) is 12.0 Å². The highest BCUT2D eigenvalue weighted by atomic mass is 14.9. The molecule has 0 rings (SSSR count). The van der Waals surface area contributed by atoms with Gasteiger partial charge in [-0.15, -0.1) is 11.8 Å². The van der Waals surface area contributed by atoms with Gasteiger partial charge >= 0.3 is 0 Å². The van der Waals surface area contributed by atoms with Gasteiger partial charge in [-0.25, -0.2) is 0 Å². The molecule has 0 aliphatic heterocycles. The summed E-state index contributed by atoms with van der Waals surface area (Å²) in [5, 5.41) is 3.53. The first kappa shape index (κ1) is 13.5. The molecule has 0 spiro atoms. The third kappa shape index (κ3) is 8.13. The third-order valence-corrected chi connectivity index (χ3v) is 2.44. The van der Waals surface area contributed by atoms with Crippen molar-refractivity contribution in [1.29, 1.82) is 0 Å². The zero-order chi connectivity index (χ0) is 10.6. The van der Waals surface area contributed by atoms with Crippen molar-refractivity contribution in [3.8, 4) is 11.8 Å². The molecule has 0 saturated carbocycles. The van der Waals surface area contributed by atoms with Crippen molar-refractivity contribution in [2.75, 3.05) is 6.54 Å². The van der Waals surface area contributed by atoms with Crippen molar-refractivity contribution < 1.29 is 0 Å². The van der Waals surface area contributed by atoms with Crippen LogP contribution in [0.4, 0.5) is 0 Å². The monoisotopic (exact) mass is 195 g/mol. The highest BCUT2D eigenvalue weighted by molar-refractivity contribution is 4.95. The van der Waals surface area contributed by atoms with Crippen molar-refractivity contribution in [3.05, 3.63) is 0 Å². The molecule has 1 nitrogen and oxygen atoms in total. The van der Waals surface area contributed by atoms with Crippen molar-refractivity contribution >= 4 is 0 Å². The average molecular weight is 195 g/mol. The van der Waals surface area contributed by atoms with Gasteiger partial charge in [0.2, 0.25) is 0 Å². The van der Waals surface area contributed by atoms with E-state index in [4.69, 9.17) is 0 Å². The van der Waals surface area contributed by atoms with Gasteiger partial charge in [-0.05, 0) is 26.3 Å². The van der Waals surface area contributed by atoms with Crippen molar-refractivity contribution in [1.82, 2.24) is 5.32 Å². The Balaban J connectivity index is 3.57. The van der Waals surface area contributed by atoms with Crippen molar-refractivity contribution in [3.63, 3.8) is 0 Å². The molecule has 0 aromatic heterocycles. The highest BCUT2D eigenvalue weighted by Gasteiger charge is 2.04. The Morgan fingerprint density at radius 2 is 1.93 bits per heavy atom. The molecule has 1 atom stereocenters. The number of nitrogens with one attached hydrogen (secondary N) is 1. The fourth-order valence-corrected chi connectivity index (χ4v) is 1.65. The lowest BCUT2D eigenvalue weighted by molar-refractivity contribution is 0.448. The summed E-state index contributed by atoms with van der Waals surface area (Å²) in [5.41, 5.74) is 0. The minimum Gasteiger partial charge on any atom is -0.314 e. The molecule has 0 aromatic carbocycles. The van der Waals surface area contributed by atoms with E-state index in [9.17, 15) is 0 Å².